The van der Waals surface area contributed by atoms with Crippen molar-refractivity contribution in [2.45, 2.75) is 0 Å². The van der Waals surface area contributed by atoms with Crippen LogP contribution >= 0.6 is 11.3 Å². The molecular weight excluding hydrogens is 378 g/mol. The lowest BCUT2D eigenvalue weighted by Crippen LogP contribution is -2.33. The van der Waals surface area contributed by atoms with Crippen molar-refractivity contribution in [3.05, 3.63) is 65.7 Å². The maximum absolute atomic E-state index is 12.2. The van der Waals surface area contributed by atoms with Crippen LogP contribution in [0.2, 0.25) is 0 Å². The SMILES string of the molecule is O=C(CNC(=O)c1cc(-c2ccccc2)on1)Nc1cc(-c2cccs2)[nH]n1. The predicted octanol–water partition coefficient (Wildman–Crippen LogP) is 3.16. The fourth-order valence-electron chi connectivity index (χ4n) is 2.50. The molecule has 4 aromatic rings. The summed E-state index contributed by atoms with van der Waals surface area (Å²) in [6, 6.07) is 16.5. The minimum absolute atomic E-state index is 0.103. The summed E-state index contributed by atoms with van der Waals surface area (Å²) in [5.41, 5.74) is 1.73. The van der Waals surface area contributed by atoms with Gasteiger partial charge in [0.1, 0.15) is 0 Å². The molecule has 3 aromatic heterocycles. The summed E-state index contributed by atoms with van der Waals surface area (Å²) in [5, 5.41) is 17.7. The van der Waals surface area contributed by atoms with Crippen LogP contribution in [0.25, 0.3) is 21.9 Å². The molecule has 0 fully saturated rings. The van der Waals surface area contributed by atoms with E-state index in [0.29, 0.717) is 11.6 Å². The fraction of sp³-hybridized carbons (Fsp3) is 0.0526. The quantitative estimate of drug-likeness (QED) is 0.466. The van der Waals surface area contributed by atoms with Crippen molar-refractivity contribution in [2.75, 3.05) is 11.9 Å². The molecule has 0 spiro atoms. The Hall–Kier alpha value is -3.72. The van der Waals surface area contributed by atoms with Gasteiger partial charge < -0.3 is 15.2 Å². The van der Waals surface area contributed by atoms with Gasteiger partial charge in [0, 0.05) is 17.7 Å². The second-order valence-electron chi connectivity index (χ2n) is 5.82. The van der Waals surface area contributed by atoms with Gasteiger partial charge in [-0.25, -0.2) is 0 Å². The first-order chi connectivity index (χ1) is 13.7. The molecule has 0 saturated carbocycles. The molecule has 9 heteroatoms. The Kier molecular flexibility index (Phi) is 4.98. The number of amides is 2. The maximum atomic E-state index is 12.2. The van der Waals surface area contributed by atoms with Crippen molar-refractivity contribution in [1.82, 2.24) is 20.7 Å². The minimum atomic E-state index is -0.498. The van der Waals surface area contributed by atoms with Gasteiger partial charge in [-0.3, -0.25) is 14.7 Å². The zero-order valence-electron chi connectivity index (χ0n) is 14.5. The van der Waals surface area contributed by atoms with Crippen LogP contribution in [0.3, 0.4) is 0 Å². The molecule has 3 N–H and O–H groups in total. The molecule has 2 amide bonds. The monoisotopic (exact) mass is 393 g/mol. The van der Waals surface area contributed by atoms with Crippen LogP contribution in [0.1, 0.15) is 10.5 Å². The summed E-state index contributed by atoms with van der Waals surface area (Å²) in [6.07, 6.45) is 0. The molecular formula is C19H15N5O3S. The molecule has 0 atom stereocenters. The first-order valence-electron chi connectivity index (χ1n) is 8.38. The third-order valence-corrected chi connectivity index (χ3v) is 4.75. The van der Waals surface area contributed by atoms with Gasteiger partial charge in [0.25, 0.3) is 5.91 Å². The number of carbonyl (C=O) groups is 2. The minimum Gasteiger partial charge on any atom is -0.355 e. The number of aromatic amines is 1. The number of nitrogens with zero attached hydrogens (tertiary/aromatic N) is 2. The average molecular weight is 393 g/mol. The lowest BCUT2D eigenvalue weighted by molar-refractivity contribution is -0.115. The highest BCUT2D eigenvalue weighted by atomic mass is 32.1. The molecule has 0 unspecified atom stereocenters. The third kappa shape index (κ3) is 3.99. The summed E-state index contributed by atoms with van der Waals surface area (Å²) < 4.78 is 5.19. The topological polar surface area (TPSA) is 113 Å². The number of hydrogen-bond donors (Lipinski definition) is 3. The normalized spacial score (nSPS) is 10.6. The number of aromatic nitrogens is 3. The molecule has 0 radical (unpaired) electrons. The molecule has 0 saturated heterocycles. The largest absolute Gasteiger partial charge is 0.355 e. The first kappa shape index (κ1) is 17.7. The Morgan fingerprint density at radius 1 is 1.11 bits per heavy atom. The van der Waals surface area contributed by atoms with E-state index in [0.717, 1.165) is 16.1 Å². The number of thiophene rings is 1. The summed E-state index contributed by atoms with van der Waals surface area (Å²) >= 11 is 1.56. The number of anilines is 1. The second kappa shape index (κ2) is 7.89. The zero-order valence-corrected chi connectivity index (χ0v) is 15.3. The fourth-order valence-corrected chi connectivity index (χ4v) is 3.20. The molecule has 1 aromatic carbocycles. The lowest BCUT2D eigenvalue weighted by atomic mass is 10.1. The van der Waals surface area contributed by atoms with Gasteiger partial charge >= 0.3 is 0 Å². The van der Waals surface area contributed by atoms with Crippen molar-refractivity contribution in [2.24, 2.45) is 0 Å². The average Bonchev–Trinajstić information content (AvgIpc) is 3.47. The van der Waals surface area contributed by atoms with Crippen LogP contribution in [0.4, 0.5) is 5.82 Å². The van der Waals surface area contributed by atoms with Gasteiger partial charge in [0.2, 0.25) is 5.91 Å². The first-order valence-corrected chi connectivity index (χ1v) is 9.26. The number of hydrogen-bond acceptors (Lipinski definition) is 6. The Bertz CT molecular complexity index is 1090. The molecule has 0 aliphatic carbocycles. The smallest absolute Gasteiger partial charge is 0.273 e. The number of benzene rings is 1. The van der Waals surface area contributed by atoms with E-state index in [1.807, 2.05) is 47.8 Å². The summed E-state index contributed by atoms with van der Waals surface area (Å²) in [4.78, 5) is 25.2. The van der Waals surface area contributed by atoms with Crippen LogP contribution in [0.15, 0.2) is 64.5 Å². The highest BCUT2D eigenvalue weighted by molar-refractivity contribution is 7.13. The van der Waals surface area contributed by atoms with Crippen molar-refractivity contribution < 1.29 is 14.1 Å². The number of H-pyrrole nitrogens is 1. The summed E-state index contributed by atoms with van der Waals surface area (Å²) in [6.45, 7) is -0.215. The predicted molar refractivity (Wildman–Crippen MR) is 105 cm³/mol. The van der Waals surface area contributed by atoms with E-state index >= 15 is 0 Å². The molecule has 28 heavy (non-hydrogen) atoms. The molecule has 0 bridgehead atoms. The molecule has 8 nitrogen and oxygen atoms in total. The second-order valence-corrected chi connectivity index (χ2v) is 6.77. The van der Waals surface area contributed by atoms with Gasteiger partial charge in [-0.05, 0) is 11.4 Å². The van der Waals surface area contributed by atoms with Crippen LogP contribution < -0.4 is 10.6 Å². The van der Waals surface area contributed by atoms with E-state index in [2.05, 4.69) is 26.0 Å². The Labute approximate surface area is 163 Å². The highest BCUT2D eigenvalue weighted by Gasteiger charge is 2.15. The van der Waals surface area contributed by atoms with E-state index in [-0.39, 0.29) is 12.2 Å². The molecule has 4 rings (SSSR count). The van der Waals surface area contributed by atoms with Crippen molar-refractivity contribution in [1.29, 1.82) is 0 Å². The van der Waals surface area contributed by atoms with Gasteiger partial charge in [-0.2, -0.15) is 5.10 Å². The Morgan fingerprint density at radius 3 is 2.75 bits per heavy atom. The van der Waals surface area contributed by atoms with Crippen LogP contribution in [0.5, 0.6) is 0 Å². The van der Waals surface area contributed by atoms with Gasteiger partial charge in [-0.15, -0.1) is 11.3 Å². The van der Waals surface area contributed by atoms with Crippen LogP contribution in [-0.2, 0) is 4.79 Å². The third-order valence-electron chi connectivity index (χ3n) is 3.84. The number of rotatable bonds is 6. The number of nitrogens with one attached hydrogen (secondary N) is 3. The maximum Gasteiger partial charge on any atom is 0.273 e. The molecule has 140 valence electrons. The van der Waals surface area contributed by atoms with Crippen LogP contribution in [-0.4, -0.2) is 33.7 Å². The highest BCUT2D eigenvalue weighted by Crippen LogP contribution is 2.24. The van der Waals surface area contributed by atoms with Crippen molar-refractivity contribution in [3.8, 4) is 21.9 Å². The Morgan fingerprint density at radius 2 is 1.96 bits per heavy atom. The Balaban J connectivity index is 1.31. The zero-order chi connectivity index (χ0) is 19.3. The molecule has 0 aliphatic heterocycles. The lowest BCUT2D eigenvalue weighted by Gasteiger charge is -2.02. The van der Waals surface area contributed by atoms with Gasteiger partial charge in [-0.1, -0.05) is 41.6 Å². The molecule has 3 heterocycles. The van der Waals surface area contributed by atoms with Gasteiger partial charge in [0.15, 0.2) is 17.3 Å². The molecule has 0 aliphatic rings. The van der Waals surface area contributed by atoms with E-state index in [1.165, 1.54) is 6.07 Å². The summed E-state index contributed by atoms with van der Waals surface area (Å²) in [5.74, 6) is -0.0324. The van der Waals surface area contributed by atoms with E-state index in [1.54, 1.807) is 17.4 Å². The summed E-state index contributed by atoms with van der Waals surface area (Å²) in [7, 11) is 0. The van der Waals surface area contributed by atoms with E-state index < -0.39 is 11.8 Å². The van der Waals surface area contributed by atoms with E-state index in [4.69, 9.17) is 4.52 Å². The van der Waals surface area contributed by atoms with Gasteiger partial charge in [0.05, 0.1) is 17.1 Å². The number of carbonyl (C=O) groups excluding carboxylic acids is 2. The standard InChI is InChI=1S/C19H15N5O3S/c25-18(21-17-10-13(22-23-17)16-7-4-8-28-16)11-20-19(26)14-9-15(27-24-14)12-5-2-1-3-6-12/h1-10H,11H2,(H,20,26)(H2,21,22,23,25). The van der Waals surface area contributed by atoms with Crippen molar-refractivity contribution in [3.63, 3.8) is 0 Å². The van der Waals surface area contributed by atoms with Crippen molar-refractivity contribution >= 4 is 29.0 Å². The van der Waals surface area contributed by atoms with Crippen LogP contribution in [0, 0.1) is 0 Å². The van der Waals surface area contributed by atoms with E-state index in [9.17, 15) is 9.59 Å².